The highest BCUT2D eigenvalue weighted by molar-refractivity contribution is 7.98. The second-order valence-electron chi connectivity index (χ2n) is 5.51. The third-order valence-electron chi connectivity index (χ3n) is 3.27. The van der Waals surface area contributed by atoms with Crippen molar-refractivity contribution in [3.05, 3.63) is 42.2 Å². The lowest BCUT2D eigenvalue weighted by molar-refractivity contribution is 0.220. The number of thioether (sulfide) groups is 1. The molecule has 3 rings (SSSR count). The number of rotatable bonds is 8. The quantitative estimate of drug-likeness (QED) is 0.469. The zero-order valence-corrected chi connectivity index (χ0v) is 15.6. The van der Waals surface area contributed by atoms with E-state index in [4.69, 9.17) is 4.74 Å². The summed E-state index contributed by atoms with van der Waals surface area (Å²) in [5.41, 5.74) is 1.22. The monoisotopic (exact) mass is 372 g/mol. The molecule has 1 aromatic carbocycles. The lowest BCUT2D eigenvalue weighted by Crippen LogP contribution is -2.18. The second-order valence-corrected chi connectivity index (χ2v) is 6.45. The van der Waals surface area contributed by atoms with E-state index in [2.05, 4.69) is 42.5 Å². The van der Waals surface area contributed by atoms with Crippen molar-refractivity contribution in [1.29, 1.82) is 0 Å². The molecule has 0 aliphatic rings. The van der Waals surface area contributed by atoms with Crippen molar-refractivity contribution in [2.75, 3.05) is 38.2 Å². The molecular weight excluding hydrogens is 352 g/mol. The molecule has 10 heteroatoms. The number of aromatic nitrogens is 6. The number of benzene rings is 1. The molecule has 0 saturated heterocycles. The Morgan fingerprint density at radius 3 is 2.69 bits per heavy atom. The normalized spacial score (nSPS) is 10.7. The van der Waals surface area contributed by atoms with Crippen molar-refractivity contribution in [1.82, 2.24) is 29.7 Å². The third kappa shape index (κ3) is 4.67. The fraction of sp³-hybridized carbons (Fsp3) is 0.312. The lowest BCUT2D eigenvalue weighted by atomic mass is 10.2. The predicted octanol–water partition coefficient (Wildman–Crippen LogP) is 1.83. The number of nitrogens with zero attached hydrogens (tertiary/aromatic N) is 7. The minimum atomic E-state index is 0.297. The van der Waals surface area contributed by atoms with Crippen molar-refractivity contribution in [2.24, 2.45) is 0 Å². The fourth-order valence-corrected chi connectivity index (χ4v) is 2.76. The molecule has 0 spiro atoms. The van der Waals surface area contributed by atoms with Crippen molar-refractivity contribution in [3.8, 4) is 5.95 Å². The van der Waals surface area contributed by atoms with Crippen molar-refractivity contribution >= 4 is 23.7 Å². The molecule has 0 bridgehead atoms. The Bertz CT molecular complexity index is 839. The van der Waals surface area contributed by atoms with Crippen molar-refractivity contribution in [2.45, 2.75) is 10.9 Å². The first-order valence-corrected chi connectivity index (χ1v) is 8.89. The Morgan fingerprint density at radius 2 is 1.96 bits per heavy atom. The summed E-state index contributed by atoms with van der Waals surface area (Å²) in [6, 6.07) is 10.2. The summed E-state index contributed by atoms with van der Waals surface area (Å²) in [4.78, 5) is 19.2. The molecule has 0 aliphatic heterocycles. The van der Waals surface area contributed by atoms with Gasteiger partial charge in [0.1, 0.15) is 13.1 Å². The maximum atomic E-state index is 5.01. The topological polar surface area (TPSA) is 93.9 Å². The third-order valence-corrected chi connectivity index (χ3v) is 4.20. The molecule has 0 amide bonds. The van der Waals surface area contributed by atoms with Crippen LogP contribution in [-0.4, -0.2) is 57.7 Å². The molecule has 1 N–H and O–H groups in total. The number of nitrogens with one attached hydrogen (secondary N) is 1. The minimum absolute atomic E-state index is 0.297. The number of methoxy groups -OCH3 is 1. The zero-order valence-electron chi connectivity index (χ0n) is 14.8. The smallest absolute Gasteiger partial charge is 0.258 e. The van der Waals surface area contributed by atoms with Gasteiger partial charge in [-0.25, -0.2) is 4.98 Å². The van der Waals surface area contributed by atoms with Gasteiger partial charge < -0.3 is 15.0 Å². The Hall–Kier alpha value is -2.72. The van der Waals surface area contributed by atoms with E-state index in [-0.39, 0.29) is 0 Å². The van der Waals surface area contributed by atoms with Crippen LogP contribution in [0.4, 0.5) is 11.9 Å². The highest BCUT2D eigenvalue weighted by Crippen LogP contribution is 2.19. The second kappa shape index (κ2) is 8.59. The van der Waals surface area contributed by atoms with Crippen LogP contribution >= 0.6 is 11.8 Å². The van der Waals surface area contributed by atoms with Gasteiger partial charge in [-0.05, 0) is 5.56 Å². The molecule has 136 valence electrons. The molecular formula is C16H20N8OS. The number of hydrogen-bond acceptors (Lipinski definition) is 9. The lowest BCUT2D eigenvalue weighted by Gasteiger charge is -2.12. The fourth-order valence-electron chi connectivity index (χ4n) is 2.00. The summed E-state index contributed by atoms with van der Waals surface area (Å²) in [7, 11) is 5.32. The first-order chi connectivity index (χ1) is 12.7. The summed E-state index contributed by atoms with van der Waals surface area (Å²) in [6.07, 6.45) is 1.60. The highest BCUT2D eigenvalue weighted by atomic mass is 32.2. The van der Waals surface area contributed by atoms with Crippen LogP contribution < -0.4 is 10.2 Å². The molecule has 0 fully saturated rings. The average Bonchev–Trinajstić information content (AvgIpc) is 3.14. The molecule has 0 radical (unpaired) electrons. The maximum absolute atomic E-state index is 5.01. The van der Waals surface area contributed by atoms with E-state index >= 15 is 0 Å². The zero-order chi connectivity index (χ0) is 18.4. The van der Waals surface area contributed by atoms with Gasteiger partial charge in [0, 0.05) is 27.0 Å². The van der Waals surface area contributed by atoms with Crippen LogP contribution in [0.2, 0.25) is 0 Å². The van der Waals surface area contributed by atoms with E-state index in [1.165, 1.54) is 5.56 Å². The summed E-state index contributed by atoms with van der Waals surface area (Å²) in [5, 5.41) is 8.09. The van der Waals surface area contributed by atoms with Crippen LogP contribution in [0, 0.1) is 0 Å². The van der Waals surface area contributed by atoms with Gasteiger partial charge >= 0.3 is 0 Å². The van der Waals surface area contributed by atoms with Crippen molar-refractivity contribution < 1.29 is 4.74 Å². The van der Waals surface area contributed by atoms with E-state index in [0.29, 0.717) is 29.7 Å². The Labute approximate surface area is 155 Å². The van der Waals surface area contributed by atoms with Crippen LogP contribution in [0.15, 0.2) is 41.8 Å². The molecule has 0 atom stereocenters. The van der Waals surface area contributed by atoms with Gasteiger partial charge in [-0.2, -0.15) is 19.6 Å². The molecule has 26 heavy (non-hydrogen) atoms. The average molecular weight is 372 g/mol. The van der Waals surface area contributed by atoms with Gasteiger partial charge in [-0.15, -0.1) is 5.10 Å². The highest BCUT2D eigenvalue weighted by Gasteiger charge is 2.12. The molecule has 0 unspecified atom stereocenters. The molecule has 3 aromatic rings. The van der Waals surface area contributed by atoms with Gasteiger partial charge in [0.05, 0.1) is 0 Å². The molecule has 2 aromatic heterocycles. The van der Waals surface area contributed by atoms with E-state index in [1.807, 2.05) is 32.3 Å². The van der Waals surface area contributed by atoms with Gasteiger partial charge in [0.2, 0.25) is 17.1 Å². The number of ether oxygens (including phenoxy) is 1. The van der Waals surface area contributed by atoms with Gasteiger partial charge in [0.15, 0.2) is 0 Å². The molecule has 9 nitrogen and oxygen atoms in total. The van der Waals surface area contributed by atoms with E-state index in [0.717, 1.165) is 5.75 Å². The summed E-state index contributed by atoms with van der Waals surface area (Å²) in [6.45, 7) is 0.297. The standard InChI is InChI=1S/C16H20N8OS/c1-23(2)14-19-13(18-11-25-3)20-15(21-14)24-10-17-16(22-24)26-9-12-7-5-4-6-8-12/h4-8,10H,9,11H2,1-3H3,(H,18,19,20,21). The summed E-state index contributed by atoms with van der Waals surface area (Å²) in [5.74, 6) is 2.12. The molecule has 0 aliphatic carbocycles. The van der Waals surface area contributed by atoms with Gasteiger partial charge in [-0.3, -0.25) is 0 Å². The SMILES string of the molecule is COCNc1nc(N(C)C)nc(-n2cnc(SCc3ccccc3)n2)n1. The van der Waals surface area contributed by atoms with Gasteiger partial charge in [-0.1, -0.05) is 42.1 Å². The van der Waals surface area contributed by atoms with Crippen LogP contribution in [0.3, 0.4) is 0 Å². The number of hydrogen-bond donors (Lipinski definition) is 1. The Kier molecular flexibility index (Phi) is 5.97. The Morgan fingerprint density at radius 1 is 1.15 bits per heavy atom. The number of anilines is 2. The Balaban J connectivity index is 1.77. The largest absolute Gasteiger partial charge is 0.364 e. The maximum Gasteiger partial charge on any atom is 0.258 e. The van der Waals surface area contributed by atoms with Crippen LogP contribution in [0.25, 0.3) is 5.95 Å². The predicted molar refractivity (Wildman–Crippen MR) is 101 cm³/mol. The van der Waals surface area contributed by atoms with Gasteiger partial charge in [0.25, 0.3) is 5.95 Å². The van der Waals surface area contributed by atoms with Crippen LogP contribution in [-0.2, 0) is 10.5 Å². The van der Waals surface area contributed by atoms with E-state index in [1.54, 1.807) is 34.8 Å². The molecule has 2 heterocycles. The van der Waals surface area contributed by atoms with E-state index in [9.17, 15) is 0 Å². The van der Waals surface area contributed by atoms with Crippen molar-refractivity contribution in [3.63, 3.8) is 0 Å². The minimum Gasteiger partial charge on any atom is -0.364 e. The molecule has 0 saturated carbocycles. The first kappa shape index (κ1) is 18.1. The van der Waals surface area contributed by atoms with E-state index < -0.39 is 0 Å². The summed E-state index contributed by atoms with van der Waals surface area (Å²) >= 11 is 1.56. The summed E-state index contributed by atoms with van der Waals surface area (Å²) < 4.78 is 6.55. The van der Waals surface area contributed by atoms with Crippen LogP contribution in [0.1, 0.15) is 5.56 Å². The van der Waals surface area contributed by atoms with Crippen LogP contribution in [0.5, 0.6) is 0 Å². The first-order valence-electron chi connectivity index (χ1n) is 7.90.